The van der Waals surface area contributed by atoms with Gasteiger partial charge < -0.3 is 4.90 Å². The second-order valence-corrected chi connectivity index (χ2v) is 8.06. The molecule has 1 saturated carbocycles. The summed E-state index contributed by atoms with van der Waals surface area (Å²) in [4.78, 5) is 14.6. The van der Waals surface area contributed by atoms with E-state index < -0.39 is 0 Å². The lowest BCUT2D eigenvalue weighted by Crippen LogP contribution is -2.34. The summed E-state index contributed by atoms with van der Waals surface area (Å²) >= 11 is 0. The first-order valence-electron chi connectivity index (χ1n) is 7.66. The lowest BCUT2D eigenvalue weighted by molar-refractivity contribution is -0.119. The van der Waals surface area contributed by atoms with Gasteiger partial charge in [-0.3, -0.25) is 4.79 Å². The number of nitrogens with zero attached hydrogens (tertiary/aromatic N) is 1. The highest BCUT2D eigenvalue weighted by Crippen LogP contribution is 2.44. The molecule has 0 bridgehead atoms. The van der Waals surface area contributed by atoms with E-state index in [-0.39, 0.29) is 16.7 Å². The lowest BCUT2D eigenvalue weighted by Gasteiger charge is -2.23. The molecular formula is C18H25NO. The Bertz CT molecular complexity index is 561. The molecule has 1 fully saturated rings. The van der Waals surface area contributed by atoms with E-state index in [4.69, 9.17) is 0 Å². The second kappa shape index (κ2) is 4.09. The topological polar surface area (TPSA) is 20.3 Å². The smallest absolute Gasteiger partial charge is 0.230 e. The van der Waals surface area contributed by atoms with Gasteiger partial charge in [-0.2, -0.15) is 0 Å². The van der Waals surface area contributed by atoms with E-state index in [2.05, 4.69) is 52.8 Å². The van der Waals surface area contributed by atoms with Crippen molar-refractivity contribution < 1.29 is 4.79 Å². The fraction of sp³-hybridized carbons (Fsp3) is 0.611. The maximum atomic E-state index is 12.5. The highest BCUT2D eigenvalue weighted by molar-refractivity contribution is 5.99. The molecule has 1 amide bonds. The highest BCUT2D eigenvalue weighted by atomic mass is 16.2. The number of hydrogen-bond donors (Lipinski definition) is 0. The Labute approximate surface area is 122 Å². The second-order valence-electron chi connectivity index (χ2n) is 8.06. The van der Waals surface area contributed by atoms with Gasteiger partial charge in [0.15, 0.2) is 0 Å². The van der Waals surface area contributed by atoms with E-state index >= 15 is 0 Å². The molecule has 0 aromatic heterocycles. The summed E-state index contributed by atoms with van der Waals surface area (Å²) in [5.74, 6) is 0.623. The van der Waals surface area contributed by atoms with Crippen LogP contribution in [-0.2, 0) is 15.6 Å². The Morgan fingerprint density at radius 3 is 2.45 bits per heavy atom. The first kappa shape index (κ1) is 13.7. The van der Waals surface area contributed by atoms with Gasteiger partial charge in [0, 0.05) is 23.6 Å². The van der Waals surface area contributed by atoms with Crippen molar-refractivity contribution in [2.45, 2.75) is 58.3 Å². The normalized spacial score (nSPS) is 20.9. The summed E-state index contributed by atoms with van der Waals surface area (Å²) in [5.41, 5.74) is 3.97. The molecule has 0 saturated heterocycles. The standard InChI is InChI=1S/C18H25NO/c1-17(2,3)13-8-9-14-15(10-13)19(11-18(14,4)5)16(20)12-6-7-12/h8-10,12H,6-7,11H2,1-5H3. The van der Waals surface area contributed by atoms with Gasteiger partial charge in [-0.25, -0.2) is 0 Å². The van der Waals surface area contributed by atoms with Gasteiger partial charge in [0.2, 0.25) is 5.91 Å². The average Bonchev–Trinajstić information content (AvgIpc) is 3.14. The SMILES string of the molecule is CC(C)(C)c1ccc2c(c1)N(C(=O)C1CC1)CC2(C)C. The Kier molecular flexibility index (Phi) is 2.80. The molecule has 2 heteroatoms. The third kappa shape index (κ3) is 2.15. The van der Waals surface area contributed by atoms with Crippen molar-refractivity contribution in [3.05, 3.63) is 29.3 Å². The van der Waals surface area contributed by atoms with Crippen LogP contribution in [-0.4, -0.2) is 12.5 Å². The number of anilines is 1. The average molecular weight is 271 g/mol. The zero-order valence-electron chi connectivity index (χ0n) is 13.3. The Balaban J connectivity index is 2.06. The van der Waals surface area contributed by atoms with E-state index in [0.717, 1.165) is 25.1 Å². The van der Waals surface area contributed by atoms with E-state index in [1.165, 1.54) is 11.1 Å². The van der Waals surface area contributed by atoms with E-state index in [0.29, 0.717) is 5.91 Å². The van der Waals surface area contributed by atoms with Crippen LogP contribution in [0.4, 0.5) is 5.69 Å². The number of carbonyl (C=O) groups excluding carboxylic acids is 1. The van der Waals surface area contributed by atoms with Gasteiger partial charge in [0.05, 0.1) is 0 Å². The van der Waals surface area contributed by atoms with Crippen LogP contribution in [0.25, 0.3) is 0 Å². The molecule has 0 unspecified atom stereocenters. The van der Waals surface area contributed by atoms with Crippen LogP contribution in [0, 0.1) is 5.92 Å². The van der Waals surface area contributed by atoms with Gasteiger partial charge >= 0.3 is 0 Å². The Morgan fingerprint density at radius 2 is 1.90 bits per heavy atom. The molecule has 1 aromatic carbocycles. The molecule has 1 aliphatic carbocycles. The van der Waals surface area contributed by atoms with Crippen molar-refractivity contribution in [1.82, 2.24) is 0 Å². The molecule has 0 N–H and O–H groups in total. The quantitative estimate of drug-likeness (QED) is 0.755. The van der Waals surface area contributed by atoms with E-state index in [1.54, 1.807) is 0 Å². The molecule has 1 aliphatic heterocycles. The molecule has 108 valence electrons. The Hall–Kier alpha value is -1.31. The van der Waals surface area contributed by atoms with Gasteiger partial charge in [-0.15, -0.1) is 0 Å². The number of carbonyl (C=O) groups is 1. The van der Waals surface area contributed by atoms with Crippen molar-refractivity contribution >= 4 is 11.6 Å². The van der Waals surface area contributed by atoms with Crippen LogP contribution < -0.4 is 4.90 Å². The van der Waals surface area contributed by atoms with Crippen LogP contribution in [0.15, 0.2) is 18.2 Å². The van der Waals surface area contributed by atoms with Gasteiger partial charge in [-0.1, -0.05) is 46.8 Å². The van der Waals surface area contributed by atoms with Crippen molar-refractivity contribution in [2.24, 2.45) is 5.92 Å². The maximum Gasteiger partial charge on any atom is 0.230 e. The van der Waals surface area contributed by atoms with E-state index in [9.17, 15) is 4.79 Å². The molecule has 3 rings (SSSR count). The molecule has 20 heavy (non-hydrogen) atoms. The molecule has 1 aromatic rings. The van der Waals surface area contributed by atoms with Gasteiger partial charge in [-0.05, 0) is 35.4 Å². The van der Waals surface area contributed by atoms with Crippen LogP contribution >= 0.6 is 0 Å². The maximum absolute atomic E-state index is 12.5. The van der Waals surface area contributed by atoms with Gasteiger partial charge in [0.25, 0.3) is 0 Å². The zero-order valence-corrected chi connectivity index (χ0v) is 13.3. The summed E-state index contributed by atoms with van der Waals surface area (Å²) in [5, 5.41) is 0. The summed E-state index contributed by atoms with van der Waals surface area (Å²) in [6, 6.07) is 6.70. The summed E-state index contributed by atoms with van der Waals surface area (Å²) < 4.78 is 0. The molecule has 2 aliphatic rings. The molecular weight excluding hydrogens is 246 g/mol. The molecule has 0 spiro atoms. The zero-order chi connectivity index (χ0) is 14.7. The fourth-order valence-electron chi connectivity index (χ4n) is 3.11. The lowest BCUT2D eigenvalue weighted by atomic mass is 9.82. The van der Waals surface area contributed by atoms with Crippen molar-refractivity contribution in [3.63, 3.8) is 0 Å². The van der Waals surface area contributed by atoms with Crippen LogP contribution in [0.5, 0.6) is 0 Å². The first-order valence-corrected chi connectivity index (χ1v) is 7.66. The van der Waals surface area contributed by atoms with Crippen molar-refractivity contribution in [3.8, 4) is 0 Å². The number of fused-ring (bicyclic) bond motifs is 1. The first-order chi connectivity index (χ1) is 9.20. The minimum Gasteiger partial charge on any atom is -0.311 e. The predicted molar refractivity (Wildman–Crippen MR) is 83.2 cm³/mol. The number of rotatable bonds is 1. The molecule has 1 heterocycles. The van der Waals surface area contributed by atoms with Crippen molar-refractivity contribution in [2.75, 3.05) is 11.4 Å². The number of hydrogen-bond acceptors (Lipinski definition) is 1. The van der Waals surface area contributed by atoms with Crippen LogP contribution in [0.1, 0.15) is 58.6 Å². The summed E-state index contributed by atoms with van der Waals surface area (Å²) in [6.07, 6.45) is 2.15. The minimum atomic E-state index is 0.0658. The number of benzene rings is 1. The van der Waals surface area contributed by atoms with Gasteiger partial charge in [0.1, 0.15) is 0 Å². The Morgan fingerprint density at radius 1 is 1.25 bits per heavy atom. The van der Waals surface area contributed by atoms with E-state index in [1.807, 2.05) is 4.90 Å². The molecule has 0 radical (unpaired) electrons. The molecule has 2 nitrogen and oxygen atoms in total. The largest absolute Gasteiger partial charge is 0.311 e. The van der Waals surface area contributed by atoms with Crippen LogP contribution in [0.2, 0.25) is 0 Å². The van der Waals surface area contributed by atoms with Crippen LogP contribution in [0.3, 0.4) is 0 Å². The minimum absolute atomic E-state index is 0.0658. The monoisotopic (exact) mass is 271 g/mol. The number of amides is 1. The third-order valence-corrected chi connectivity index (χ3v) is 4.63. The summed E-state index contributed by atoms with van der Waals surface area (Å²) in [7, 11) is 0. The fourth-order valence-corrected chi connectivity index (χ4v) is 3.11. The predicted octanol–water partition coefficient (Wildman–Crippen LogP) is 4.02. The summed E-state index contributed by atoms with van der Waals surface area (Å²) in [6.45, 7) is 12.0. The molecule has 0 atom stereocenters. The highest BCUT2D eigenvalue weighted by Gasteiger charge is 2.42. The van der Waals surface area contributed by atoms with Crippen molar-refractivity contribution in [1.29, 1.82) is 0 Å². The third-order valence-electron chi connectivity index (χ3n) is 4.63.